The molecule has 2 aromatic rings. The summed E-state index contributed by atoms with van der Waals surface area (Å²) in [5, 5.41) is 3.78. The Morgan fingerprint density at radius 3 is 2.48 bits per heavy atom. The van der Waals surface area contributed by atoms with E-state index < -0.39 is 0 Å². The highest BCUT2D eigenvalue weighted by Crippen LogP contribution is 2.30. The maximum atomic E-state index is 6.01. The molecule has 3 heterocycles. The molecular weight excluding hydrogens is 336 g/mol. The number of fused-ring (bicyclic) bond motifs is 3. The van der Waals surface area contributed by atoms with Crippen LogP contribution in [0.15, 0.2) is 48.5 Å². The lowest BCUT2D eigenvalue weighted by atomic mass is 9.84. The van der Waals surface area contributed by atoms with Gasteiger partial charge in [0.2, 0.25) is 0 Å². The van der Waals surface area contributed by atoms with E-state index in [1.807, 2.05) is 31.2 Å². The van der Waals surface area contributed by atoms with Gasteiger partial charge < -0.3 is 19.7 Å². The molecule has 1 N–H and O–H groups in total. The lowest BCUT2D eigenvalue weighted by molar-refractivity contribution is 0.0720. The molecule has 5 rings (SSSR count). The van der Waals surface area contributed by atoms with Crippen LogP contribution in [-0.2, 0) is 13.2 Å². The average molecular weight is 367 g/mol. The molecule has 27 heavy (non-hydrogen) atoms. The number of hydrogen-bond acceptors (Lipinski definition) is 4. The summed E-state index contributed by atoms with van der Waals surface area (Å²) in [7, 11) is 0. The van der Waals surface area contributed by atoms with E-state index in [4.69, 9.17) is 9.47 Å². The van der Waals surface area contributed by atoms with E-state index in [1.165, 1.54) is 38.0 Å². The molecule has 144 valence electrons. The van der Waals surface area contributed by atoms with Gasteiger partial charge in [-0.1, -0.05) is 36.4 Å². The first-order valence-electron chi connectivity index (χ1n) is 10.2. The standard InChI is InChI=1S/C23H30N2O2/c1-2-26-23-14-19(15-24-21-16-25-12-10-20(21)11-13-25)8-9-22(23)27-17-18-6-4-3-5-7-18/h3-9,14,20-21,24H,2,10-13,15-17H2,1H3. The van der Waals surface area contributed by atoms with Gasteiger partial charge in [0.25, 0.3) is 0 Å². The monoisotopic (exact) mass is 366 g/mol. The quantitative estimate of drug-likeness (QED) is 0.769. The molecular formula is C23H30N2O2. The first-order valence-corrected chi connectivity index (χ1v) is 10.2. The van der Waals surface area contributed by atoms with Crippen LogP contribution in [0.25, 0.3) is 0 Å². The average Bonchev–Trinajstić information content (AvgIpc) is 2.73. The summed E-state index contributed by atoms with van der Waals surface area (Å²) in [6, 6.07) is 17.2. The van der Waals surface area contributed by atoms with Gasteiger partial charge in [-0.2, -0.15) is 0 Å². The second-order valence-corrected chi connectivity index (χ2v) is 7.61. The second kappa shape index (κ2) is 8.77. The Hall–Kier alpha value is -2.04. The van der Waals surface area contributed by atoms with Crippen molar-refractivity contribution in [2.24, 2.45) is 5.92 Å². The summed E-state index contributed by atoms with van der Waals surface area (Å²) in [6.07, 6.45) is 2.68. The molecule has 0 saturated carbocycles. The van der Waals surface area contributed by atoms with Crippen molar-refractivity contribution < 1.29 is 9.47 Å². The Balaban J connectivity index is 1.38. The van der Waals surface area contributed by atoms with Crippen LogP contribution in [0.1, 0.15) is 30.9 Å². The number of ether oxygens (including phenoxy) is 2. The van der Waals surface area contributed by atoms with Gasteiger partial charge in [-0.25, -0.2) is 0 Å². The largest absolute Gasteiger partial charge is 0.490 e. The van der Waals surface area contributed by atoms with Crippen LogP contribution in [0.5, 0.6) is 11.5 Å². The minimum Gasteiger partial charge on any atom is -0.490 e. The van der Waals surface area contributed by atoms with Crippen LogP contribution >= 0.6 is 0 Å². The number of nitrogens with zero attached hydrogens (tertiary/aromatic N) is 1. The summed E-state index contributed by atoms with van der Waals surface area (Å²) < 4.78 is 11.9. The van der Waals surface area contributed by atoms with Crippen molar-refractivity contribution in [2.75, 3.05) is 26.2 Å². The Labute approximate surface area is 162 Å². The first kappa shape index (κ1) is 18.3. The summed E-state index contributed by atoms with van der Waals surface area (Å²) in [6.45, 7) is 7.85. The Morgan fingerprint density at radius 1 is 0.963 bits per heavy atom. The van der Waals surface area contributed by atoms with Crippen molar-refractivity contribution >= 4 is 0 Å². The molecule has 0 aliphatic carbocycles. The third-order valence-corrected chi connectivity index (χ3v) is 5.77. The lowest BCUT2D eigenvalue weighted by Gasteiger charge is -2.45. The zero-order valence-corrected chi connectivity index (χ0v) is 16.2. The SMILES string of the molecule is CCOc1cc(CNC2CN3CCC2CC3)ccc1OCc1ccccc1. The Morgan fingerprint density at radius 2 is 1.78 bits per heavy atom. The Bertz CT molecular complexity index is 726. The molecule has 0 spiro atoms. The maximum absolute atomic E-state index is 6.01. The van der Waals surface area contributed by atoms with E-state index in [2.05, 4.69) is 34.5 Å². The minimum atomic E-state index is 0.554. The molecule has 3 aliphatic heterocycles. The highest BCUT2D eigenvalue weighted by molar-refractivity contribution is 5.43. The number of hydrogen-bond donors (Lipinski definition) is 1. The van der Waals surface area contributed by atoms with Gasteiger partial charge in [-0.3, -0.25) is 0 Å². The van der Waals surface area contributed by atoms with Crippen LogP contribution in [0.2, 0.25) is 0 Å². The second-order valence-electron chi connectivity index (χ2n) is 7.61. The van der Waals surface area contributed by atoms with Crippen LogP contribution in [0.3, 0.4) is 0 Å². The van der Waals surface area contributed by atoms with E-state index in [0.29, 0.717) is 19.3 Å². The van der Waals surface area contributed by atoms with Gasteiger partial charge in [0.1, 0.15) is 6.61 Å². The van der Waals surface area contributed by atoms with Gasteiger partial charge >= 0.3 is 0 Å². The van der Waals surface area contributed by atoms with Crippen molar-refractivity contribution in [1.82, 2.24) is 10.2 Å². The van der Waals surface area contributed by atoms with Gasteiger partial charge in [0.05, 0.1) is 6.61 Å². The fraction of sp³-hybridized carbons (Fsp3) is 0.478. The lowest BCUT2D eigenvalue weighted by Crippen LogP contribution is -2.55. The summed E-state index contributed by atoms with van der Waals surface area (Å²) in [4.78, 5) is 2.59. The van der Waals surface area contributed by atoms with Crippen molar-refractivity contribution in [3.8, 4) is 11.5 Å². The topological polar surface area (TPSA) is 33.7 Å². The predicted molar refractivity (Wildman–Crippen MR) is 108 cm³/mol. The van der Waals surface area contributed by atoms with Crippen LogP contribution in [0, 0.1) is 5.92 Å². The molecule has 0 amide bonds. The van der Waals surface area contributed by atoms with Gasteiger partial charge in [-0.15, -0.1) is 0 Å². The minimum absolute atomic E-state index is 0.554. The number of nitrogens with one attached hydrogen (secondary N) is 1. The van der Waals surface area contributed by atoms with Gasteiger partial charge in [0, 0.05) is 19.1 Å². The van der Waals surface area contributed by atoms with Gasteiger partial charge in [-0.05, 0) is 62.0 Å². The molecule has 0 radical (unpaired) electrons. The molecule has 1 unspecified atom stereocenters. The van der Waals surface area contributed by atoms with Crippen molar-refractivity contribution in [3.63, 3.8) is 0 Å². The predicted octanol–water partition coefficient (Wildman–Crippen LogP) is 3.85. The van der Waals surface area contributed by atoms with E-state index in [1.54, 1.807) is 0 Å². The highest BCUT2D eigenvalue weighted by atomic mass is 16.5. The fourth-order valence-electron chi connectivity index (χ4n) is 4.23. The van der Waals surface area contributed by atoms with Crippen LogP contribution < -0.4 is 14.8 Å². The third-order valence-electron chi connectivity index (χ3n) is 5.77. The molecule has 2 bridgehead atoms. The molecule has 3 fully saturated rings. The van der Waals surface area contributed by atoms with E-state index >= 15 is 0 Å². The van der Waals surface area contributed by atoms with Crippen molar-refractivity contribution in [2.45, 2.75) is 39.0 Å². The van der Waals surface area contributed by atoms with Gasteiger partial charge in [0.15, 0.2) is 11.5 Å². The molecule has 4 heteroatoms. The zero-order valence-electron chi connectivity index (χ0n) is 16.2. The summed E-state index contributed by atoms with van der Waals surface area (Å²) in [5.41, 5.74) is 2.41. The number of rotatable bonds is 8. The molecule has 1 atom stereocenters. The fourth-order valence-corrected chi connectivity index (χ4v) is 4.23. The summed E-state index contributed by atoms with van der Waals surface area (Å²) in [5.74, 6) is 2.49. The Kier molecular flexibility index (Phi) is 5.95. The van der Waals surface area contributed by atoms with E-state index in [0.717, 1.165) is 29.5 Å². The normalized spacial score (nSPS) is 24.0. The van der Waals surface area contributed by atoms with Crippen molar-refractivity contribution in [3.05, 3.63) is 59.7 Å². The molecule has 4 nitrogen and oxygen atoms in total. The maximum Gasteiger partial charge on any atom is 0.161 e. The summed E-state index contributed by atoms with van der Waals surface area (Å²) >= 11 is 0. The van der Waals surface area contributed by atoms with Crippen LogP contribution in [-0.4, -0.2) is 37.2 Å². The third kappa shape index (κ3) is 4.63. The van der Waals surface area contributed by atoms with E-state index in [9.17, 15) is 0 Å². The van der Waals surface area contributed by atoms with E-state index in [-0.39, 0.29) is 0 Å². The smallest absolute Gasteiger partial charge is 0.161 e. The highest BCUT2D eigenvalue weighted by Gasteiger charge is 2.33. The zero-order chi connectivity index (χ0) is 18.5. The number of benzene rings is 2. The van der Waals surface area contributed by atoms with Crippen LogP contribution in [0.4, 0.5) is 0 Å². The molecule has 3 saturated heterocycles. The molecule has 0 aromatic heterocycles. The molecule has 3 aliphatic rings. The van der Waals surface area contributed by atoms with Crippen molar-refractivity contribution in [1.29, 1.82) is 0 Å². The molecule has 2 aromatic carbocycles. The number of piperidine rings is 3. The first-order chi connectivity index (χ1) is 13.3.